The van der Waals surface area contributed by atoms with Gasteiger partial charge in [-0.3, -0.25) is 14.4 Å². The van der Waals surface area contributed by atoms with Crippen LogP contribution in [0.1, 0.15) is 17.3 Å². The third-order valence-corrected chi connectivity index (χ3v) is 3.92. The minimum Gasteiger partial charge on any atom is -0.496 e. The predicted molar refractivity (Wildman–Crippen MR) is 101 cm³/mol. The summed E-state index contributed by atoms with van der Waals surface area (Å²) in [6, 6.07) is 9.98. The van der Waals surface area contributed by atoms with E-state index in [-0.39, 0.29) is 16.3 Å². The van der Waals surface area contributed by atoms with Crippen molar-refractivity contribution in [2.75, 3.05) is 19.0 Å². The molecule has 0 aliphatic carbocycles. The number of hydrogen-bond acceptors (Lipinski definition) is 5. The molecule has 1 atom stereocenters. The van der Waals surface area contributed by atoms with Gasteiger partial charge in [0.15, 0.2) is 6.10 Å². The average molecular weight is 409 g/mol. The summed E-state index contributed by atoms with van der Waals surface area (Å²) in [5.41, 5.74) is 0.440. The van der Waals surface area contributed by atoms with Crippen LogP contribution < -0.4 is 15.4 Å². The van der Waals surface area contributed by atoms with Crippen LogP contribution in [0.3, 0.4) is 0 Å². The Morgan fingerprint density at radius 2 is 1.89 bits per heavy atom. The zero-order chi connectivity index (χ0) is 20.7. The van der Waals surface area contributed by atoms with Gasteiger partial charge in [0.1, 0.15) is 18.1 Å². The molecule has 0 aliphatic heterocycles. The van der Waals surface area contributed by atoms with Crippen LogP contribution in [-0.4, -0.2) is 37.5 Å². The first-order valence-electron chi connectivity index (χ1n) is 8.18. The zero-order valence-corrected chi connectivity index (χ0v) is 15.9. The van der Waals surface area contributed by atoms with E-state index in [0.717, 1.165) is 12.1 Å². The van der Waals surface area contributed by atoms with Gasteiger partial charge in [-0.25, -0.2) is 4.39 Å². The van der Waals surface area contributed by atoms with Gasteiger partial charge >= 0.3 is 5.97 Å². The molecule has 7 nitrogen and oxygen atoms in total. The fraction of sp³-hybridized carbons (Fsp3) is 0.211. The Balaban J connectivity index is 1.86. The number of esters is 1. The molecule has 2 amide bonds. The number of methoxy groups -OCH3 is 1. The van der Waals surface area contributed by atoms with Crippen molar-refractivity contribution in [2.45, 2.75) is 13.0 Å². The van der Waals surface area contributed by atoms with Crippen molar-refractivity contribution in [1.82, 2.24) is 5.32 Å². The molecule has 2 N–H and O–H groups in total. The van der Waals surface area contributed by atoms with Crippen molar-refractivity contribution in [3.8, 4) is 5.75 Å². The van der Waals surface area contributed by atoms with Crippen molar-refractivity contribution in [3.63, 3.8) is 0 Å². The van der Waals surface area contributed by atoms with E-state index in [9.17, 15) is 18.8 Å². The maximum absolute atomic E-state index is 13.0. The number of halogens is 2. The second kappa shape index (κ2) is 9.70. The number of para-hydroxylation sites is 1. The first-order valence-corrected chi connectivity index (χ1v) is 8.56. The number of amides is 2. The zero-order valence-electron chi connectivity index (χ0n) is 15.1. The topological polar surface area (TPSA) is 93.7 Å². The summed E-state index contributed by atoms with van der Waals surface area (Å²) < 4.78 is 23.1. The Hall–Kier alpha value is -3.13. The average Bonchev–Trinajstić information content (AvgIpc) is 2.68. The lowest BCUT2D eigenvalue weighted by Crippen LogP contribution is -2.36. The highest BCUT2D eigenvalue weighted by Crippen LogP contribution is 2.22. The third-order valence-electron chi connectivity index (χ3n) is 3.61. The van der Waals surface area contributed by atoms with Crippen LogP contribution >= 0.6 is 11.6 Å². The van der Waals surface area contributed by atoms with E-state index in [1.807, 2.05) is 0 Å². The molecule has 9 heteroatoms. The van der Waals surface area contributed by atoms with E-state index in [0.29, 0.717) is 5.75 Å². The highest BCUT2D eigenvalue weighted by molar-refractivity contribution is 6.33. The van der Waals surface area contributed by atoms with Gasteiger partial charge in [0.2, 0.25) is 0 Å². The van der Waals surface area contributed by atoms with Gasteiger partial charge in [0.05, 0.1) is 23.4 Å². The number of anilines is 1. The van der Waals surface area contributed by atoms with Gasteiger partial charge in [0.25, 0.3) is 11.8 Å². The fourth-order valence-corrected chi connectivity index (χ4v) is 2.41. The third kappa shape index (κ3) is 5.68. The summed E-state index contributed by atoms with van der Waals surface area (Å²) in [6.45, 7) is 0.915. The number of carbonyl (C=O) groups is 3. The van der Waals surface area contributed by atoms with Crippen LogP contribution in [0.2, 0.25) is 5.02 Å². The molecule has 0 aliphatic rings. The first kappa shape index (κ1) is 21.2. The standard InChI is InChI=1S/C19H18ClFN2O5/c1-11(18(25)23-15-8-7-12(21)9-14(15)20)28-17(24)10-22-19(26)13-5-3-4-6-16(13)27-2/h3-9,11H,10H2,1-2H3,(H,22,26)(H,23,25)/t11-/m1/s1. The molecular weight excluding hydrogens is 391 g/mol. The summed E-state index contributed by atoms with van der Waals surface area (Å²) in [5, 5.41) is 4.83. The summed E-state index contributed by atoms with van der Waals surface area (Å²) in [7, 11) is 1.42. The monoisotopic (exact) mass is 408 g/mol. The van der Waals surface area contributed by atoms with Gasteiger partial charge in [-0.2, -0.15) is 0 Å². The second-order valence-electron chi connectivity index (χ2n) is 5.63. The Bertz CT molecular complexity index is 890. The van der Waals surface area contributed by atoms with Crippen LogP contribution in [0.5, 0.6) is 5.75 Å². The molecule has 148 valence electrons. The van der Waals surface area contributed by atoms with Crippen LogP contribution in [0.4, 0.5) is 10.1 Å². The van der Waals surface area contributed by atoms with Crippen molar-refractivity contribution in [1.29, 1.82) is 0 Å². The molecule has 0 heterocycles. The molecule has 0 aromatic heterocycles. The Labute approximate surface area is 165 Å². The van der Waals surface area contributed by atoms with Crippen LogP contribution in [0, 0.1) is 5.82 Å². The molecule has 28 heavy (non-hydrogen) atoms. The molecule has 0 saturated carbocycles. The summed E-state index contributed by atoms with van der Waals surface area (Å²) in [6.07, 6.45) is -1.16. The van der Waals surface area contributed by atoms with Crippen LogP contribution in [0.15, 0.2) is 42.5 Å². The molecule has 0 saturated heterocycles. The fourth-order valence-electron chi connectivity index (χ4n) is 2.20. The highest BCUT2D eigenvalue weighted by Gasteiger charge is 2.20. The van der Waals surface area contributed by atoms with Gasteiger partial charge in [-0.1, -0.05) is 23.7 Å². The Kier molecular flexibility index (Phi) is 7.34. The lowest BCUT2D eigenvalue weighted by Gasteiger charge is -2.15. The number of nitrogens with one attached hydrogen (secondary N) is 2. The van der Waals surface area contributed by atoms with E-state index >= 15 is 0 Å². The van der Waals surface area contributed by atoms with Gasteiger partial charge in [-0.05, 0) is 37.3 Å². The maximum atomic E-state index is 13.0. The molecule has 0 unspecified atom stereocenters. The minimum atomic E-state index is -1.16. The van der Waals surface area contributed by atoms with Gasteiger partial charge in [-0.15, -0.1) is 0 Å². The SMILES string of the molecule is COc1ccccc1C(=O)NCC(=O)O[C@H](C)C(=O)Nc1ccc(F)cc1Cl. The maximum Gasteiger partial charge on any atom is 0.326 e. The van der Waals surface area contributed by atoms with Gasteiger partial charge in [0, 0.05) is 0 Å². The number of ether oxygens (including phenoxy) is 2. The minimum absolute atomic E-state index is 0.0101. The second-order valence-corrected chi connectivity index (χ2v) is 6.04. The van der Waals surface area contributed by atoms with E-state index in [1.165, 1.54) is 20.1 Å². The molecule has 2 rings (SSSR count). The summed E-state index contributed by atoms with van der Waals surface area (Å²) in [4.78, 5) is 36.1. The van der Waals surface area contributed by atoms with Crippen molar-refractivity contribution < 1.29 is 28.2 Å². The molecular formula is C19H18ClFN2O5. The quantitative estimate of drug-likeness (QED) is 0.687. The smallest absolute Gasteiger partial charge is 0.326 e. The summed E-state index contributed by atoms with van der Waals surface area (Å²) in [5.74, 6) is -2.18. The number of carbonyl (C=O) groups excluding carboxylic acids is 3. The number of hydrogen-bond donors (Lipinski definition) is 2. The Morgan fingerprint density at radius 1 is 1.18 bits per heavy atom. The van der Waals surface area contributed by atoms with Crippen molar-refractivity contribution >= 4 is 35.1 Å². The van der Waals surface area contributed by atoms with Crippen LogP contribution in [-0.2, 0) is 14.3 Å². The van der Waals surface area contributed by atoms with Crippen molar-refractivity contribution in [2.24, 2.45) is 0 Å². The molecule has 0 spiro atoms. The van der Waals surface area contributed by atoms with Gasteiger partial charge < -0.3 is 20.1 Å². The van der Waals surface area contributed by atoms with Crippen molar-refractivity contribution in [3.05, 3.63) is 58.9 Å². The van der Waals surface area contributed by atoms with E-state index < -0.39 is 36.2 Å². The van der Waals surface area contributed by atoms with E-state index in [1.54, 1.807) is 24.3 Å². The lowest BCUT2D eigenvalue weighted by atomic mass is 10.2. The molecule has 0 bridgehead atoms. The number of rotatable bonds is 7. The highest BCUT2D eigenvalue weighted by atomic mass is 35.5. The molecule has 2 aromatic rings. The Morgan fingerprint density at radius 3 is 2.57 bits per heavy atom. The first-order chi connectivity index (χ1) is 13.3. The van der Waals surface area contributed by atoms with E-state index in [4.69, 9.17) is 21.1 Å². The molecule has 0 fully saturated rings. The molecule has 2 aromatic carbocycles. The normalized spacial score (nSPS) is 11.3. The lowest BCUT2D eigenvalue weighted by molar-refractivity contribution is -0.152. The predicted octanol–water partition coefficient (Wildman–Crippen LogP) is 2.79. The van der Waals surface area contributed by atoms with E-state index in [2.05, 4.69) is 10.6 Å². The summed E-state index contributed by atoms with van der Waals surface area (Å²) >= 11 is 5.83. The molecule has 0 radical (unpaired) electrons. The largest absolute Gasteiger partial charge is 0.496 e. The van der Waals surface area contributed by atoms with Crippen LogP contribution in [0.25, 0.3) is 0 Å². The number of benzene rings is 2.